The molecule has 0 amide bonds. The van der Waals surface area contributed by atoms with Gasteiger partial charge in [0.25, 0.3) is 0 Å². The molecule has 0 saturated carbocycles. The number of nitrogens with one attached hydrogen (secondary N) is 1. The first-order chi connectivity index (χ1) is 10.6. The van der Waals surface area contributed by atoms with E-state index in [0.717, 1.165) is 5.56 Å². The molecule has 5 heteroatoms. The van der Waals surface area contributed by atoms with Crippen molar-refractivity contribution in [2.45, 2.75) is 13.5 Å². The number of hydrogen-bond acceptors (Lipinski definition) is 3. The lowest BCUT2D eigenvalue weighted by atomic mass is 10.1. The third-order valence-corrected chi connectivity index (χ3v) is 3.77. The molecule has 3 aromatic rings. The summed E-state index contributed by atoms with van der Waals surface area (Å²) in [6.45, 7) is 1.98. The van der Waals surface area contributed by atoms with Crippen LogP contribution in [0.2, 0.25) is 5.02 Å². The van der Waals surface area contributed by atoms with Gasteiger partial charge in [-0.05, 0) is 24.6 Å². The van der Waals surface area contributed by atoms with Crippen molar-refractivity contribution < 1.29 is 14.6 Å². The lowest BCUT2D eigenvalue weighted by Gasteiger charge is -2.05. The van der Waals surface area contributed by atoms with Gasteiger partial charge in [0, 0.05) is 16.6 Å². The minimum atomic E-state index is -0.436. The van der Waals surface area contributed by atoms with Crippen molar-refractivity contribution in [1.29, 1.82) is 0 Å². The van der Waals surface area contributed by atoms with E-state index in [1.165, 1.54) is 6.07 Å². The number of fused-ring (bicyclic) bond motifs is 1. The standard InChI is InChI=1S/C17H14ClNO3/c1-10-16(12-7-15(20)13(18)8-14(12)19-10)17(21)22-9-11-5-3-2-4-6-11/h2-8,19-20H,9H2,1H3. The highest BCUT2D eigenvalue weighted by Gasteiger charge is 2.19. The second-order valence-corrected chi connectivity index (χ2v) is 5.44. The first-order valence-electron chi connectivity index (χ1n) is 6.78. The van der Waals surface area contributed by atoms with Crippen LogP contribution >= 0.6 is 11.6 Å². The van der Waals surface area contributed by atoms with E-state index in [4.69, 9.17) is 16.3 Å². The predicted octanol–water partition coefficient (Wildman–Crippen LogP) is 4.19. The molecule has 0 bridgehead atoms. The van der Waals surface area contributed by atoms with Crippen LogP contribution in [-0.2, 0) is 11.3 Å². The Labute approximate surface area is 132 Å². The lowest BCUT2D eigenvalue weighted by molar-refractivity contribution is 0.0474. The summed E-state index contributed by atoms with van der Waals surface area (Å²) >= 11 is 5.88. The predicted molar refractivity (Wildman–Crippen MR) is 85.3 cm³/mol. The van der Waals surface area contributed by atoms with Gasteiger partial charge in [0.15, 0.2) is 0 Å². The average molecular weight is 316 g/mol. The van der Waals surface area contributed by atoms with Crippen LogP contribution in [0.4, 0.5) is 0 Å². The van der Waals surface area contributed by atoms with Gasteiger partial charge < -0.3 is 14.8 Å². The molecular formula is C17H14ClNO3. The van der Waals surface area contributed by atoms with E-state index in [1.54, 1.807) is 13.0 Å². The fourth-order valence-electron chi connectivity index (χ4n) is 2.40. The molecule has 0 saturated heterocycles. The van der Waals surface area contributed by atoms with E-state index < -0.39 is 5.97 Å². The largest absolute Gasteiger partial charge is 0.506 e. The van der Waals surface area contributed by atoms with Gasteiger partial charge in [-0.15, -0.1) is 0 Å². The molecule has 0 aliphatic heterocycles. The number of aromatic hydroxyl groups is 1. The van der Waals surface area contributed by atoms with Crippen molar-refractivity contribution in [1.82, 2.24) is 4.98 Å². The van der Waals surface area contributed by atoms with Crippen LogP contribution in [0.25, 0.3) is 10.9 Å². The SMILES string of the molecule is Cc1[nH]c2cc(Cl)c(O)cc2c1C(=O)OCc1ccccc1. The van der Waals surface area contributed by atoms with Crippen LogP contribution in [0, 0.1) is 6.92 Å². The number of carbonyl (C=O) groups excluding carboxylic acids is 1. The van der Waals surface area contributed by atoms with Crippen LogP contribution in [0.3, 0.4) is 0 Å². The molecule has 3 rings (SSSR count). The molecule has 4 nitrogen and oxygen atoms in total. The fourth-order valence-corrected chi connectivity index (χ4v) is 2.56. The molecule has 2 N–H and O–H groups in total. The number of hydrogen-bond donors (Lipinski definition) is 2. The summed E-state index contributed by atoms with van der Waals surface area (Å²) in [5.74, 6) is -0.500. The molecule has 0 atom stereocenters. The van der Waals surface area contributed by atoms with E-state index in [0.29, 0.717) is 22.2 Å². The number of benzene rings is 2. The number of ether oxygens (including phenoxy) is 1. The summed E-state index contributed by atoms with van der Waals surface area (Å²) < 4.78 is 5.36. The number of rotatable bonds is 3. The number of halogens is 1. The first kappa shape index (κ1) is 14.5. The highest BCUT2D eigenvalue weighted by molar-refractivity contribution is 6.33. The zero-order valence-corrected chi connectivity index (χ0v) is 12.6. The Morgan fingerprint density at radius 3 is 2.73 bits per heavy atom. The zero-order valence-electron chi connectivity index (χ0n) is 11.9. The summed E-state index contributed by atoms with van der Waals surface area (Å²) in [5, 5.41) is 10.6. The highest BCUT2D eigenvalue weighted by Crippen LogP contribution is 2.32. The average Bonchev–Trinajstić information content (AvgIpc) is 2.81. The molecule has 0 spiro atoms. The second kappa shape index (κ2) is 5.73. The fraction of sp³-hybridized carbons (Fsp3) is 0.118. The molecule has 112 valence electrons. The summed E-state index contributed by atoms with van der Waals surface area (Å²) in [5.41, 5.74) is 2.69. The number of phenols is 1. The maximum atomic E-state index is 12.4. The number of phenolic OH excluding ortho intramolecular Hbond substituents is 1. The van der Waals surface area contributed by atoms with Gasteiger partial charge in [0.05, 0.1) is 10.6 Å². The Morgan fingerprint density at radius 2 is 2.00 bits per heavy atom. The Kier molecular flexibility index (Phi) is 3.77. The number of carbonyl (C=O) groups is 1. The first-order valence-corrected chi connectivity index (χ1v) is 7.16. The number of esters is 1. The van der Waals surface area contributed by atoms with Crippen molar-refractivity contribution in [2.24, 2.45) is 0 Å². The number of H-pyrrole nitrogens is 1. The molecular weight excluding hydrogens is 302 g/mol. The molecule has 0 radical (unpaired) electrons. The van der Waals surface area contributed by atoms with Crippen molar-refractivity contribution in [3.63, 3.8) is 0 Å². The molecule has 1 heterocycles. The van der Waals surface area contributed by atoms with E-state index in [2.05, 4.69) is 4.98 Å². The van der Waals surface area contributed by atoms with Gasteiger partial charge in [-0.25, -0.2) is 4.79 Å². The van der Waals surface area contributed by atoms with E-state index in [1.807, 2.05) is 30.3 Å². The van der Waals surface area contributed by atoms with Crippen LogP contribution in [-0.4, -0.2) is 16.1 Å². The minimum Gasteiger partial charge on any atom is -0.506 e. The normalized spacial score (nSPS) is 10.8. The van der Waals surface area contributed by atoms with Crippen molar-refractivity contribution in [3.8, 4) is 5.75 Å². The van der Waals surface area contributed by atoms with Gasteiger partial charge >= 0.3 is 5.97 Å². The van der Waals surface area contributed by atoms with Crippen LogP contribution in [0.1, 0.15) is 21.6 Å². The van der Waals surface area contributed by atoms with Gasteiger partial charge in [0.2, 0.25) is 0 Å². The summed E-state index contributed by atoms with van der Waals surface area (Å²) in [6, 6.07) is 12.5. The van der Waals surface area contributed by atoms with Crippen molar-refractivity contribution >= 4 is 28.5 Å². The second-order valence-electron chi connectivity index (χ2n) is 5.04. The smallest absolute Gasteiger partial charge is 0.340 e. The number of aromatic amines is 1. The third kappa shape index (κ3) is 2.65. The molecule has 0 aliphatic rings. The Morgan fingerprint density at radius 1 is 1.27 bits per heavy atom. The van der Waals surface area contributed by atoms with E-state index in [-0.39, 0.29) is 17.4 Å². The van der Waals surface area contributed by atoms with Gasteiger partial charge in [-0.3, -0.25) is 0 Å². The molecule has 1 aromatic heterocycles. The summed E-state index contributed by atoms with van der Waals surface area (Å²) in [4.78, 5) is 15.4. The highest BCUT2D eigenvalue weighted by atomic mass is 35.5. The van der Waals surface area contributed by atoms with E-state index in [9.17, 15) is 9.90 Å². The van der Waals surface area contributed by atoms with Crippen molar-refractivity contribution in [3.05, 3.63) is 64.3 Å². The van der Waals surface area contributed by atoms with Gasteiger partial charge in [0.1, 0.15) is 12.4 Å². The third-order valence-electron chi connectivity index (χ3n) is 3.47. The van der Waals surface area contributed by atoms with Crippen molar-refractivity contribution in [2.75, 3.05) is 0 Å². The monoisotopic (exact) mass is 315 g/mol. The molecule has 0 unspecified atom stereocenters. The maximum absolute atomic E-state index is 12.4. The van der Waals surface area contributed by atoms with Crippen LogP contribution < -0.4 is 0 Å². The molecule has 22 heavy (non-hydrogen) atoms. The maximum Gasteiger partial charge on any atom is 0.340 e. The minimum absolute atomic E-state index is 0.0646. The Bertz CT molecular complexity index is 840. The zero-order chi connectivity index (χ0) is 15.7. The quantitative estimate of drug-likeness (QED) is 0.712. The molecule has 0 aliphatic carbocycles. The summed E-state index contributed by atoms with van der Waals surface area (Å²) in [6.07, 6.45) is 0. The summed E-state index contributed by atoms with van der Waals surface area (Å²) in [7, 11) is 0. The van der Waals surface area contributed by atoms with Crippen LogP contribution in [0.5, 0.6) is 5.75 Å². The lowest BCUT2D eigenvalue weighted by Crippen LogP contribution is -2.06. The molecule has 0 fully saturated rings. The van der Waals surface area contributed by atoms with Gasteiger partial charge in [-0.2, -0.15) is 0 Å². The Hall–Kier alpha value is -2.46. The number of aromatic nitrogens is 1. The number of aryl methyl sites for hydroxylation is 1. The Balaban J connectivity index is 1.90. The van der Waals surface area contributed by atoms with Crippen LogP contribution in [0.15, 0.2) is 42.5 Å². The van der Waals surface area contributed by atoms with Gasteiger partial charge in [-0.1, -0.05) is 41.9 Å². The topological polar surface area (TPSA) is 62.3 Å². The van der Waals surface area contributed by atoms with E-state index >= 15 is 0 Å². The molecule has 2 aromatic carbocycles.